The summed E-state index contributed by atoms with van der Waals surface area (Å²) in [5.74, 6) is -0.628. The standard InChI is InChI=1S/C28H28FN5O3/c1-17(2)18-10-12-20(13-11-18)24(19-7-4-3-5-8-19)30-26(35)23-15-21(29)16-34(23)27(36)22-9-6-14-33-25(22)31-32-28(33)37/h3-14,17,21,23-24H,15-16H2,1-2H3,(H,30,35)(H,32,37)/t21-,23+,24+/m1/s1. The number of aromatic nitrogens is 3. The molecule has 1 fully saturated rings. The number of nitrogens with one attached hydrogen (secondary N) is 2. The van der Waals surface area contributed by atoms with Crippen molar-refractivity contribution in [1.82, 2.24) is 24.8 Å². The average molecular weight is 502 g/mol. The molecule has 2 N–H and O–H groups in total. The van der Waals surface area contributed by atoms with Gasteiger partial charge in [-0.25, -0.2) is 18.7 Å². The summed E-state index contributed by atoms with van der Waals surface area (Å²) in [5.41, 5.74) is 2.71. The summed E-state index contributed by atoms with van der Waals surface area (Å²) in [4.78, 5) is 40.2. The van der Waals surface area contributed by atoms with Gasteiger partial charge in [0.1, 0.15) is 12.2 Å². The van der Waals surface area contributed by atoms with Crippen molar-refractivity contribution in [1.29, 1.82) is 0 Å². The first-order valence-corrected chi connectivity index (χ1v) is 12.3. The van der Waals surface area contributed by atoms with Crippen LogP contribution in [0.3, 0.4) is 0 Å². The summed E-state index contributed by atoms with van der Waals surface area (Å²) in [6.45, 7) is 4.01. The number of likely N-dealkylation sites (tertiary alicyclic amines) is 1. The maximum Gasteiger partial charge on any atom is 0.347 e. The fourth-order valence-corrected chi connectivity index (χ4v) is 4.83. The Morgan fingerprint density at radius 1 is 1.00 bits per heavy atom. The lowest BCUT2D eigenvalue weighted by molar-refractivity contribution is -0.125. The predicted octanol–water partition coefficient (Wildman–Crippen LogP) is 3.60. The van der Waals surface area contributed by atoms with Crippen LogP contribution in [0.4, 0.5) is 4.39 Å². The topological polar surface area (TPSA) is 99.6 Å². The molecule has 1 aliphatic rings. The minimum atomic E-state index is -1.35. The van der Waals surface area contributed by atoms with Gasteiger partial charge >= 0.3 is 5.69 Å². The summed E-state index contributed by atoms with van der Waals surface area (Å²) >= 11 is 0. The Morgan fingerprint density at radius 2 is 1.68 bits per heavy atom. The smallest absolute Gasteiger partial charge is 0.343 e. The first-order chi connectivity index (χ1) is 17.8. The molecule has 2 aromatic heterocycles. The number of carbonyl (C=O) groups excluding carboxylic acids is 2. The molecule has 37 heavy (non-hydrogen) atoms. The molecule has 8 nitrogen and oxygen atoms in total. The van der Waals surface area contributed by atoms with E-state index in [1.165, 1.54) is 27.1 Å². The Kier molecular flexibility index (Phi) is 6.60. The minimum Gasteiger partial charge on any atom is -0.343 e. The third-order valence-electron chi connectivity index (χ3n) is 6.84. The third kappa shape index (κ3) is 4.76. The van der Waals surface area contributed by atoms with E-state index in [-0.39, 0.29) is 24.2 Å². The van der Waals surface area contributed by atoms with Crippen molar-refractivity contribution in [3.63, 3.8) is 0 Å². The molecule has 2 aromatic carbocycles. The summed E-state index contributed by atoms with van der Waals surface area (Å²) < 4.78 is 15.8. The van der Waals surface area contributed by atoms with Gasteiger partial charge in [-0.05, 0) is 34.7 Å². The van der Waals surface area contributed by atoms with Crippen molar-refractivity contribution in [3.8, 4) is 0 Å². The molecule has 0 aliphatic carbocycles. The van der Waals surface area contributed by atoms with Gasteiger partial charge < -0.3 is 10.2 Å². The maximum absolute atomic E-state index is 14.6. The fraction of sp³-hybridized carbons (Fsp3) is 0.286. The van der Waals surface area contributed by atoms with E-state index in [4.69, 9.17) is 0 Å². The molecule has 0 radical (unpaired) electrons. The maximum atomic E-state index is 14.6. The molecule has 1 aliphatic heterocycles. The second kappa shape index (κ2) is 10.0. The van der Waals surface area contributed by atoms with Crippen LogP contribution in [-0.4, -0.2) is 50.1 Å². The molecule has 3 heterocycles. The highest BCUT2D eigenvalue weighted by Gasteiger charge is 2.41. The SMILES string of the molecule is CC(C)c1ccc([C@@H](NC(=O)[C@@H]2C[C@@H](F)CN2C(=O)c2cccn3c(=O)[nH]nc23)c2ccccc2)cc1. The van der Waals surface area contributed by atoms with Gasteiger partial charge in [-0.3, -0.25) is 9.59 Å². The number of benzene rings is 2. The Morgan fingerprint density at radius 3 is 2.38 bits per heavy atom. The van der Waals surface area contributed by atoms with Gasteiger partial charge in [0, 0.05) is 12.6 Å². The number of carbonyl (C=O) groups is 2. The lowest BCUT2D eigenvalue weighted by Crippen LogP contribution is -2.47. The molecule has 1 saturated heterocycles. The molecular weight excluding hydrogens is 473 g/mol. The van der Waals surface area contributed by atoms with E-state index in [9.17, 15) is 18.8 Å². The highest BCUT2D eigenvalue weighted by molar-refractivity contribution is 6.02. The van der Waals surface area contributed by atoms with Crippen LogP contribution in [0.1, 0.15) is 59.3 Å². The van der Waals surface area contributed by atoms with Crippen molar-refractivity contribution >= 4 is 17.5 Å². The number of rotatable bonds is 6. The van der Waals surface area contributed by atoms with Gasteiger partial charge in [-0.15, -0.1) is 0 Å². The van der Waals surface area contributed by atoms with Gasteiger partial charge in [0.05, 0.1) is 18.2 Å². The second-order valence-corrected chi connectivity index (χ2v) is 9.62. The molecule has 0 bridgehead atoms. The number of halogens is 1. The number of hydrogen-bond acceptors (Lipinski definition) is 4. The number of amides is 2. The van der Waals surface area contributed by atoms with Gasteiger partial charge in [0.25, 0.3) is 5.91 Å². The van der Waals surface area contributed by atoms with Crippen molar-refractivity contribution in [2.75, 3.05) is 6.54 Å². The summed E-state index contributed by atoms with van der Waals surface area (Å²) in [7, 11) is 0. The highest BCUT2D eigenvalue weighted by Crippen LogP contribution is 2.28. The van der Waals surface area contributed by atoms with E-state index in [2.05, 4.69) is 29.4 Å². The van der Waals surface area contributed by atoms with Crippen LogP contribution in [0.5, 0.6) is 0 Å². The average Bonchev–Trinajstić information content (AvgIpc) is 3.50. The highest BCUT2D eigenvalue weighted by atomic mass is 19.1. The van der Waals surface area contributed by atoms with Gasteiger partial charge in [-0.1, -0.05) is 68.4 Å². The van der Waals surface area contributed by atoms with E-state index in [1.807, 2.05) is 54.6 Å². The molecule has 2 amide bonds. The van der Waals surface area contributed by atoms with Gasteiger partial charge in [0.15, 0.2) is 5.65 Å². The summed E-state index contributed by atoms with van der Waals surface area (Å²) in [5, 5.41) is 9.30. The normalized spacial score (nSPS) is 18.3. The minimum absolute atomic E-state index is 0.109. The van der Waals surface area contributed by atoms with Crippen LogP contribution in [0.15, 0.2) is 77.7 Å². The summed E-state index contributed by atoms with van der Waals surface area (Å²) in [6, 6.07) is 19.2. The number of H-pyrrole nitrogens is 1. The van der Waals surface area contributed by atoms with E-state index in [0.29, 0.717) is 5.92 Å². The fourth-order valence-electron chi connectivity index (χ4n) is 4.83. The Bertz CT molecular complexity index is 1480. The van der Waals surface area contributed by atoms with Crippen molar-refractivity contribution in [2.24, 2.45) is 0 Å². The van der Waals surface area contributed by atoms with Crippen molar-refractivity contribution in [3.05, 3.63) is 106 Å². The van der Waals surface area contributed by atoms with Crippen LogP contribution in [-0.2, 0) is 4.79 Å². The number of fused-ring (bicyclic) bond motifs is 1. The zero-order chi connectivity index (χ0) is 26.1. The number of aromatic amines is 1. The largest absolute Gasteiger partial charge is 0.347 e. The number of hydrogen-bond donors (Lipinski definition) is 2. The number of alkyl halides is 1. The Labute approximate surface area is 213 Å². The van der Waals surface area contributed by atoms with Crippen LogP contribution < -0.4 is 11.0 Å². The molecule has 5 rings (SSSR count). The van der Waals surface area contributed by atoms with Crippen LogP contribution in [0.25, 0.3) is 5.65 Å². The number of pyridine rings is 1. The Hall–Kier alpha value is -4.27. The monoisotopic (exact) mass is 501 g/mol. The molecule has 3 atom stereocenters. The van der Waals surface area contributed by atoms with E-state index in [1.54, 1.807) is 6.07 Å². The lowest BCUT2D eigenvalue weighted by Gasteiger charge is -2.27. The molecule has 0 unspecified atom stereocenters. The van der Waals surface area contributed by atoms with E-state index >= 15 is 0 Å². The number of nitrogens with zero attached hydrogens (tertiary/aromatic N) is 3. The van der Waals surface area contributed by atoms with Gasteiger partial charge in [-0.2, -0.15) is 5.10 Å². The first kappa shape index (κ1) is 24.4. The van der Waals surface area contributed by atoms with Gasteiger partial charge in [0.2, 0.25) is 5.91 Å². The third-order valence-corrected chi connectivity index (χ3v) is 6.84. The Balaban J connectivity index is 1.44. The zero-order valence-corrected chi connectivity index (χ0v) is 20.6. The molecule has 0 saturated carbocycles. The van der Waals surface area contributed by atoms with Crippen molar-refractivity contribution in [2.45, 2.75) is 44.4 Å². The summed E-state index contributed by atoms with van der Waals surface area (Å²) in [6.07, 6.45) is 0.0299. The predicted molar refractivity (Wildman–Crippen MR) is 137 cm³/mol. The quantitative estimate of drug-likeness (QED) is 0.422. The van der Waals surface area contributed by atoms with E-state index < -0.39 is 35.8 Å². The van der Waals surface area contributed by atoms with E-state index in [0.717, 1.165) is 11.1 Å². The molecule has 190 valence electrons. The molecule has 0 spiro atoms. The van der Waals surface area contributed by atoms with Crippen LogP contribution >= 0.6 is 0 Å². The van der Waals surface area contributed by atoms with Crippen LogP contribution in [0.2, 0.25) is 0 Å². The first-order valence-electron chi connectivity index (χ1n) is 12.3. The lowest BCUT2D eigenvalue weighted by atomic mass is 9.95. The second-order valence-electron chi connectivity index (χ2n) is 9.62. The molecular formula is C28H28FN5O3. The zero-order valence-electron chi connectivity index (χ0n) is 20.6. The molecule has 4 aromatic rings. The van der Waals surface area contributed by atoms with Crippen molar-refractivity contribution < 1.29 is 14.0 Å². The van der Waals surface area contributed by atoms with Crippen LogP contribution in [0, 0.1) is 0 Å². The molecule has 9 heteroatoms.